The number of non-ortho nitro benzene ring substituents is 1. The molecule has 0 aliphatic carbocycles. The lowest BCUT2D eigenvalue weighted by molar-refractivity contribution is -0.384. The minimum atomic E-state index is -0.474. The number of hydrogen-bond donors (Lipinski definition) is 1. The third-order valence-electron chi connectivity index (χ3n) is 3.00. The summed E-state index contributed by atoms with van der Waals surface area (Å²) in [6.45, 7) is 0. The van der Waals surface area contributed by atoms with Crippen LogP contribution in [0.3, 0.4) is 0 Å². The highest BCUT2D eigenvalue weighted by Gasteiger charge is 2.19. The molecule has 0 aliphatic rings. The number of rotatable bonds is 4. The predicted molar refractivity (Wildman–Crippen MR) is 84.8 cm³/mol. The molecule has 0 saturated carbocycles. The highest BCUT2D eigenvalue weighted by Crippen LogP contribution is 2.33. The van der Waals surface area contributed by atoms with Crippen LogP contribution in [0.25, 0.3) is 0 Å². The lowest BCUT2D eigenvalue weighted by Crippen LogP contribution is -2.14. The topological polar surface area (TPSA) is 78.4 Å². The lowest BCUT2D eigenvalue weighted by Gasteiger charge is -2.17. The second-order valence-corrected chi connectivity index (χ2v) is 5.34. The van der Waals surface area contributed by atoms with E-state index >= 15 is 0 Å². The smallest absolute Gasteiger partial charge is 0.270 e. The van der Waals surface area contributed by atoms with Gasteiger partial charge in [-0.3, -0.25) is 10.1 Å². The molecule has 2 N–H and O–H groups in total. The van der Waals surface area contributed by atoms with Gasteiger partial charge < -0.3 is 10.5 Å². The Bertz CT molecular complexity index is 646. The summed E-state index contributed by atoms with van der Waals surface area (Å²) in [5, 5.41) is 10.9. The molecule has 1 atom stereocenters. The molecular formula is C14H13IN2O3. The summed E-state index contributed by atoms with van der Waals surface area (Å²) < 4.78 is 6.26. The van der Waals surface area contributed by atoms with Crippen molar-refractivity contribution in [2.75, 3.05) is 7.11 Å². The van der Waals surface area contributed by atoms with Crippen LogP contribution in [-0.2, 0) is 0 Å². The van der Waals surface area contributed by atoms with Crippen LogP contribution >= 0.6 is 22.6 Å². The van der Waals surface area contributed by atoms with Crippen LogP contribution < -0.4 is 10.5 Å². The molecule has 1 unspecified atom stereocenters. The zero-order valence-electron chi connectivity index (χ0n) is 10.7. The van der Waals surface area contributed by atoms with Crippen molar-refractivity contribution in [3.8, 4) is 5.75 Å². The molecule has 0 bridgehead atoms. The number of ether oxygens (including phenoxy) is 1. The molecule has 6 heteroatoms. The maximum atomic E-state index is 10.9. The van der Waals surface area contributed by atoms with E-state index in [1.165, 1.54) is 19.2 Å². The summed E-state index contributed by atoms with van der Waals surface area (Å²) >= 11 is 2.19. The van der Waals surface area contributed by atoms with E-state index in [0.717, 1.165) is 9.13 Å². The number of benzene rings is 2. The van der Waals surface area contributed by atoms with E-state index in [2.05, 4.69) is 22.6 Å². The van der Waals surface area contributed by atoms with Crippen molar-refractivity contribution in [3.05, 3.63) is 67.3 Å². The van der Waals surface area contributed by atoms with Crippen LogP contribution in [0.4, 0.5) is 5.69 Å². The van der Waals surface area contributed by atoms with Gasteiger partial charge in [0.05, 0.1) is 18.1 Å². The van der Waals surface area contributed by atoms with Crippen LogP contribution in [0.1, 0.15) is 17.2 Å². The highest BCUT2D eigenvalue weighted by atomic mass is 127. The second kappa shape index (κ2) is 6.19. The maximum absolute atomic E-state index is 10.9. The fraction of sp³-hybridized carbons (Fsp3) is 0.143. The molecule has 20 heavy (non-hydrogen) atoms. The molecule has 0 fully saturated rings. The fourth-order valence-electron chi connectivity index (χ4n) is 1.97. The number of nitrogens with two attached hydrogens (primary N) is 1. The number of nitro groups is 1. The molecule has 0 aromatic heterocycles. The first-order valence-electron chi connectivity index (χ1n) is 5.87. The largest absolute Gasteiger partial charge is 0.496 e. The first-order chi connectivity index (χ1) is 9.54. The first-order valence-corrected chi connectivity index (χ1v) is 6.94. The summed E-state index contributed by atoms with van der Waals surface area (Å²) in [6.07, 6.45) is 0. The molecule has 5 nitrogen and oxygen atoms in total. The lowest BCUT2D eigenvalue weighted by atomic mass is 9.98. The van der Waals surface area contributed by atoms with Gasteiger partial charge in [0.1, 0.15) is 5.75 Å². The van der Waals surface area contributed by atoms with Crippen molar-refractivity contribution >= 4 is 28.3 Å². The van der Waals surface area contributed by atoms with Crippen LogP contribution in [0.2, 0.25) is 0 Å². The van der Waals surface area contributed by atoms with Gasteiger partial charge in [-0.2, -0.15) is 0 Å². The molecule has 0 saturated heterocycles. The number of nitro benzene ring substituents is 1. The van der Waals surface area contributed by atoms with Gasteiger partial charge in [-0.15, -0.1) is 0 Å². The predicted octanol–water partition coefficient (Wildman–Crippen LogP) is 3.26. The van der Waals surface area contributed by atoms with Crippen molar-refractivity contribution < 1.29 is 9.66 Å². The second-order valence-electron chi connectivity index (χ2n) is 4.18. The fourth-order valence-corrected chi connectivity index (χ4v) is 2.70. The molecular weight excluding hydrogens is 371 g/mol. The minimum Gasteiger partial charge on any atom is -0.496 e. The Labute approximate surface area is 130 Å². The average Bonchev–Trinajstić information content (AvgIpc) is 2.46. The number of hydrogen-bond acceptors (Lipinski definition) is 4. The van der Waals surface area contributed by atoms with Crippen molar-refractivity contribution in [1.29, 1.82) is 0 Å². The molecule has 2 aromatic carbocycles. The van der Waals surface area contributed by atoms with Gasteiger partial charge in [0.25, 0.3) is 5.69 Å². The van der Waals surface area contributed by atoms with Crippen molar-refractivity contribution in [2.45, 2.75) is 6.04 Å². The average molecular weight is 384 g/mol. The molecule has 2 aromatic rings. The maximum Gasteiger partial charge on any atom is 0.270 e. The van der Waals surface area contributed by atoms with Crippen LogP contribution in [0.15, 0.2) is 42.5 Å². The van der Waals surface area contributed by atoms with Crippen molar-refractivity contribution in [1.82, 2.24) is 0 Å². The van der Waals surface area contributed by atoms with Gasteiger partial charge in [-0.1, -0.05) is 18.2 Å². The quantitative estimate of drug-likeness (QED) is 0.499. The summed E-state index contributed by atoms with van der Waals surface area (Å²) in [5.74, 6) is 0.544. The van der Waals surface area contributed by atoms with Gasteiger partial charge in [0.2, 0.25) is 0 Å². The van der Waals surface area contributed by atoms with E-state index in [9.17, 15) is 10.1 Å². The van der Waals surface area contributed by atoms with E-state index < -0.39 is 11.0 Å². The normalized spacial score (nSPS) is 11.9. The summed E-state index contributed by atoms with van der Waals surface area (Å²) in [7, 11) is 1.52. The molecule has 0 spiro atoms. The molecule has 104 valence electrons. The van der Waals surface area contributed by atoms with E-state index in [0.29, 0.717) is 11.3 Å². The Morgan fingerprint density at radius 1 is 1.25 bits per heavy atom. The van der Waals surface area contributed by atoms with E-state index in [-0.39, 0.29) is 5.69 Å². The minimum absolute atomic E-state index is 0.00203. The van der Waals surface area contributed by atoms with Gasteiger partial charge in [0.15, 0.2) is 0 Å². The Hall–Kier alpha value is -1.67. The van der Waals surface area contributed by atoms with Crippen LogP contribution in [-0.4, -0.2) is 12.0 Å². The summed E-state index contributed by atoms with van der Waals surface area (Å²) in [6, 6.07) is 11.6. The van der Waals surface area contributed by atoms with Gasteiger partial charge in [0, 0.05) is 21.3 Å². The van der Waals surface area contributed by atoms with E-state index in [1.807, 2.05) is 24.3 Å². The first kappa shape index (κ1) is 14.7. The standard InChI is InChI=1S/C14H13IN2O3/c1-20-13-7-6-9(17(18)19)8-11(13)14(16)10-4-2-3-5-12(10)15/h2-8,14H,16H2,1H3. The third-order valence-corrected chi connectivity index (χ3v) is 3.98. The third kappa shape index (κ3) is 2.91. The Morgan fingerprint density at radius 3 is 2.55 bits per heavy atom. The van der Waals surface area contributed by atoms with Crippen molar-refractivity contribution in [3.63, 3.8) is 0 Å². The van der Waals surface area contributed by atoms with E-state index in [4.69, 9.17) is 10.5 Å². The highest BCUT2D eigenvalue weighted by molar-refractivity contribution is 14.1. The Balaban J connectivity index is 2.52. The molecule has 0 aliphatic heterocycles. The van der Waals surface area contributed by atoms with Crippen molar-refractivity contribution in [2.24, 2.45) is 5.73 Å². The summed E-state index contributed by atoms with van der Waals surface area (Å²) in [4.78, 5) is 10.5. The van der Waals surface area contributed by atoms with Gasteiger partial charge >= 0.3 is 0 Å². The zero-order valence-corrected chi connectivity index (χ0v) is 12.9. The number of nitrogens with zero attached hydrogens (tertiary/aromatic N) is 1. The van der Waals surface area contributed by atoms with Crippen LogP contribution in [0.5, 0.6) is 5.75 Å². The number of halogens is 1. The zero-order chi connectivity index (χ0) is 14.7. The molecule has 2 rings (SSSR count). The van der Waals surface area contributed by atoms with Gasteiger partial charge in [-0.25, -0.2) is 0 Å². The molecule has 0 amide bonds. The number of methoxy groups -OCH3 is 1. The van der Waals surface area contributed by atoms with E-state index in [1.54, 1.807) is 6.07 Å². The SMILES string of the molecule is COc1ccc([N+](=O)[O-])cc1C(N)c1ccccc1I. The summed E-state index contributed by atoms with van der Waals surface area (Å²) in [5.41, 5.74) is 7.77. The molecule has 0 radical (unpaired) electrons. The monoisotopic (exact) mass is 384 g/mol. The molecule has 0 heterocycles. The Kier molecular flexibility index (Phi) is 4.56. The van der Waals surface area contributed by atoms with Gasteiger partial charge in [-0.05, 0) is 40.3 Å². The Morgan fingerprint density at radius 2 is 1.95 bits per heavy atom. The van der Waals surface area contributed by atoms with Crippen LogP contribution in [0, 0.1) is 13.7 Å².